The number of allylic oxidation sites excluding steroid dienone is 4. The van der Waals surface area contributed by atoms with E-state index in [4.69, 9.17) is 0 Å². The van der Waals surface area contributed by atoms with Crippen LogP contribution in [-0.4, -0.2) is 27.3 Å². The first kappa shape index (κ1) is 22.7. The van der Waals surface area contributed by atoms with E-state index in [0.717, 1.165) is 25.5 Å². The molecule has 2 N–H and O–H groups in total. The summed E-state index contributed by atoms with van der Waals surface area (Å²) >= 11 is 0. The summed E-state index contributed by atoms with van der Waals surface area (Å²) in [7, 11) is 0. The highest BCUT2D eigenvalue weighted by atomic mass is 19.3. The Morgan fingerprint density at radius 1 is 0.708 bits per heavy atom. The van der Waals surface area contributed by atoms with Gasteiger partial charge in [-0.3, -0.25) is 0 Å². The van der Waals surface area contributed by atoms with E-state index in [9.17, 15) is 19.0 Å². The summed E-state index contributed by atoms with van der Waals surface area (Å²) in [5, 5.41) is 20.6. The van der Waals surface area contributed by atoms with E-state index in [0.29, 0.717) is 6.42 Å². The molecule has 0 aliphatic carbocycles. The number of hydrogen-bond acceptors (Lipinski definition) is 2. The third kappa shape index (κ3) is 6.33. The first-order valence-electron chi connectivity index (χ1n) is 8.38. The Bertz CT molecular complexity index is 450. The normalized spacial score (nSPS) is 19.6. The van der Waals surface area contributed by atoms with Gasteiger partial charge < -0.3 is 10.2 Å². The second-order valence-electron chi connectivity index (χ2n) is 6.98. The van der Waals surface area contributed by atoms with Gasteiger partial charge in [-0.15, -0.1) is 0 Å². The SMILES string of the molecule is CC/C=C\C(C)(C)C(C)(O)/C=C\C=CC(C)(O)C(F)(F)/C=C\CC. The fourth-order valence-electron chi connectivity index (χ4n) is 1.83. The van der Waals surface area contributed by atoms with Crippen molar-refractivity contribution in [1.29, 1.82) is 0 Å². The van der Waals surface area contributed by atoms with E-state index >= 15 is 0 Å². The Balaban J connectivity index is 5.16. The third-order valence-corrected chi connectivity index (χ3v) is 4.27. The molecule has 0 saturated heterocycles. The molecule has 0 bridgehead atoms. The first-order chi connectivity index (χ1) is 10.8. The highest BCUT2D eigenvalue weighted by Gasteiger charge is 2.44. The van der Waals surface area contributed by atoms with E-state index in [2.05, 4.69) is 0 Å². The number of alkyl halides is 2. The Morgan fingerprint density at radius 2 is 1.12 bits per heavy atom. The molecule has 0 aromatic rings. The molecule has 2 unspecified atom stereocenters. The lowest BCUT2D eigenvalue weighted by Gasteiger charge is -2.35. The molecule has 2 nitrogen and oxygen atoms in total. The predicted octanol–water partition coefficient (Wildman–Crippen LogP) is 5.19. The highest BCUT2D eigenvalue weighted by Crippen LogP contribution is 2.34. The van der Waals surface area contributed by atoms with E-state index in [1.165, 1.54) is 18.2 Å². The van der Waals surface area contributed by atoms with E-state index in [1.54, 1.807) is 19.9 Å². The van der Waals surface area contributed by atoms with Crippen LogP contribution in [0.3, 0.4) is 0 Å². The molecule has 4 heteroatoms. The van der Waals surface area contributed by atoms with Gasteiger partial charge >= 0.3 is 0 Å². The summed E-state index contributed by atoms with van der Waals surface area (Å²) < 4.78 is 27.8. The van der Waals surface area contributed by atoms with Gasteiger partial charge in [-0.25, -0.2) is 0 Å². The Kier molecular flexibility index (Phi) is 8.27. The predicted molar refractivity (Wildman–Crippen MR) is 97.1 cm³/mol. The van der Waals surface area contributed by atoms with Crippen molar-refractivity contribution in [2.24, 2.45) is 5.41 Å². The molecule has 0 rings (SSSR count). The first-order valence-corrected chi connectivity index (χ1v) is 8.38. The molecule has 0 aromatic heterocycles. The molecule has 0 saturated carbocycles. The van der Waals surface area contributed by atoms with Gasteiger partial charge in [-0.1, -0.05) is 64.2 Å². The maximum absolute atomic E-state index is 13.9. The third-order valence-electron chi connectivity index (χ3n) is 4.27. The molecule has 24 heavy (non-hydrogen) atoms. The minimum Gasteiger partial charge on any atom is -0.385 e. The van der Waals surface area contributed by atoms with E-state index < -0.39 is 22.5 Å². The average molecular weight is 342 g/mol. The van der Waals surface area contributed by atoms with Crippen LogP contribution in [0.2, 0.25) is 0 Å². The Morgan fingerprint density at radius 3 is 1.58 bits per heavy atom. The smallest absolute Gasteiger partial charge is 0.297 e. The van der Waals surface area contributed by atoms with Crippen LogP contribution in [0.5, 0.6) is 0 Å². The average Bonchev–Trinajstić information content (AvgIpc) is 2.47. The second kappa shape index (κ2) is 8.72. The van der Waals surface area contributed by atoms with Crippen LogP contribution in [0.15, 0.2) is 48.6 Å². The van der Waals surface area contributed by atoms with Crippen molar-refractivity contribution in [2.75, 3.05) is 0 Å². The zero-order chi connectivity index (χ0) is 19.1. The molecule has 0 radical (unpaired) electrons. The molecule has 0 fully saturated rings. The number of hydrogen-bond donors (Lipinski definition) is 2. The van der Waals surface area contributed by atoms with Gasteiger partial charge in [-0.2, -0.15) is 8.78 Å². The molecule has 0 aliphatic heterocycles. The van der Waals surface area contributed by atoms with Crippen molar-refractivity contribution < 1.29 is 19.0 Å². The summed E-state index contributed by atoms with van der Waals surface area (Å²) in [5.41, 5.74) is -3.96. The standard InChI is InChI=1S/C20H32F2O2/c1-7-9-13-17(3,4)18(5,23)14-11-12-15-19(6,24)20(21,22)16-10-8-2/h9-16,23-24H,7-8H2,1-6H3/b13-9-,14-11-,15-12?,16-10-. The summed E-state index contributed by atoms with van der Waals surface area (Å²) in [6.07, 6.45) is 12.7. The van der Waals surface area contributed by atoms with Crippen LogP contribution >= 0.6 is 0 Å². The van der Waals surface area contributed by atoms with Gasteiger partial charge in [-0.05, 0) is 38.8 Å². The van der Waals surface area contributed by atoms with Gasteiger partial charge in [0.25, 0.3) is 5.92 Å². The molecular formula is C20H32F2O2. The molecule has 0 aromatic carbocycles. The Hall–Kier alpha value is -1.26. The van der Waals surface area contributed by atoms with Crippen molar-refractivity contribution in [3.63, 3.8) is 0 Å². The van der Waals surface area contributed by atoms with Gasteiger partial charge in [0, 0.05) is 5.41 Å². The molecular weight excluding hydrogens is 310 g/mol. The maximum Gasteiger partial charge on any atom is 0.297 e. The number of aliphatic hydroxyl groups is 2. The quantitative estimate of drug-likeness (QED) is 0.447. The zero-order valence-corrected chi connectivity index (χ0v) is 15.7. The van der Waals surface area contributed by atoms with Crippen molar-refractivity contribution >= 4 is 0 Å². The minimum absolute atomic E-state index is 0.471. The zero-order valence-electron chi connectivity index (χ0n) is 15.7. The molecule has 0 spiro atoms. The lowest BCUT2D eigenvalue weighted by molar-refractivity contribution is -0.109. The summed E-state index contributed by atoms with van der Waals surface area (Å²) in [4.78, 5) is 0. The van der Waals surface area contributed by atoms with Gasteiger partial charge in [0.15, 0.2) is 0 Å². The van der Waals surface area contributed by atoms with Crippen molar-refractivity contribution in [1.82, 2.24) is 0 Å². The van der Waals surface area contributed by atoms with E-state index in [1.807, 2.05) is 32.9 Å². The molecule has 0 heterocycles. The summed E-state index contributed by atoms with van der Waals surface area (Å²) in [6.45, 7) is 10.3. The van der Waals surface area contributed by atoms with Crippen LogP contribution in [-0.2, 0) is 0 Å². The second-order valence-corrected chi connectivity index (χ2v) is 6.98. The van der Waals surface area contributed by atoms with Crippen LogP contribution < -0.4 is 0 Å². The van der Waals surface area contributed by atoms with E-state index in [-0.39, 0.29) is 0 Å². The number of rotatable bonds is 9. The molecule has 2 atom stereocenters. The molecule has 0 aliphatic rings. The van der Waals surface area contributed by atoms with Gasteiger partial charge in [0.2, 0.25) is 0 Å². The molecule has 138 valence electrons. The van der Waals surface area contributed by atoms with Crippen LogP contribution in [0, 0.1) is 5.41 Å². The van der Waals surface area contributed by atoms with Gasteiger partial charge in [0.1, 0.15) is 5.60 Å². The fraction of sp³-hybridized carbons (Fsp3) is 0.600. The molecule has 0 amide bonds. The van der Waals surface area contributed by atoms with Crippen molar-refractivity contribution in [2.45, 2.75) is 71.5 Å². The lowest BCUT2D eigenvalue weighted by Crippen LogP contribution is -2.42. The summed E-state index contributed by atoms with van der Waals surface area (Å²) in [6, 6.07) is 0. The number of halogens is 2. The van der Waals surface area contributed by atoms with Crippen molar-refractivity contribution in [3.8, 4) is 0 Å². The topological polar surface area (TPSA) is 40.5 Å². The highest BCUT2D eigenvalue weighted by molar-refractivity contribution is 5.21. The largest absolute Gasteiger partial charge is 0.385 e. The maximum atomic E-state index is 13.9. The lowest BCUT2D eigenvalue weighted by atomic mass is 9.75. The van der Waals surface area contributed by atoms with Crippen molar-refractivity contribution in [3.05, 3.63) is 48.6 Å². The van der Waals surface area contributed by atoms with Gasteiger partial charge in [0.05, 0.1) is 5.60 Å². The van der Waals surface area contributed by atoms with Crippen LogP contribution in [0.4, 0.5) is 8.78 Å². The van der Waals surface area contributed by atoms with Crippen LogP contribution in [0.1, 0.15) is 54.4 Å². The fourth-order valence-corrected chi connectivity index (χ4v) is 1.83. The summed E-state index contributed by atoms with van der Waals surface area (Å²) in [5.74, 6) is -3.36. The Labute approximate surface area is 145 Å². The minimum atomic E-state index is -3.36. The van der Waals surface area contributed by atoms with Crippen LogP contribution in [0.25, 0.3) is 0 Å². The monoisotopic (exact) mass is 342 g/mol.